The first-order valence-electron chi connectivity index (χ1n) is 7.18. The van der Waals surface area contributed by atoms with E-state index in [0.717, 1.165) is 24.5 Å². The number of phenols is 1. The molecule has 0 unspecified atom stereocenters. The minimum Gasteiger partial charge on any atom is -0.505 e. The molecule has 1 heterocycles. The third kappa shape index (κ3) is 2.13. The Labute approximate surface area is 118 Å². The van der Waals surface area contributed by atoms with Crippen molar-refractivity contribution < 1.29 is 5.11 Å². The van der Waals surface area contributed by atoms with Gasteiger partial charge in [0.1, 0.15) is 11.6 Å². The summed E-state index contributed by atoms with van der Waals surface area (Å²) < 4.78 is 2.16. The molecular weight excluding hydrogens is 252 g/mol. The van der Waals surface area contributed by atoms with Crippen LogP contribution in [0.15, 0.2) is 18.2 Å². The van der Waals surface area contributed by atoms with Crippen LogP contribution < -0.4 is 5.73 Å². The number of phenolic OH excluding ortho intramolecular Hbond substituents is 1. The zero-order valence-corrected chi connectivity index (χ0v) is 11.7. The van der Waals surface area contributed by atoms with E-state index in [4.69, 9.17) is 5.73 Å². The van der Waals surface area contributed by atoms with Crippen molar-refractivity contribution in [2.75, 3.05) is 5.73 Å². The van der Waals surface area contributed by atoms with Gasteiger partial charge in [0.05, 0.1) is 11.3 Å². The smallest absolute Gasteiger partial charge is 0.168 e. The number of anilines is 1. The van der Waals surface area contributed by atoms with E-state index in [1.54, 1.807) is 6.07 Å². The van der Waals surface area contributed by atoms with Crippen LogP contribution >= 0.6 is 0 Å². The first-order chi connectivity index (χ1) is 9.68. The number of hydrogen-bond acceptors (Lipinski definition) is 4. The molecule has 5 heteroatoms. The van der Waals surface area contributed by atoms with Gasteiger partial charge in [0.15, 0.2) is 5.82 Å². The molecule has 0 aliphatic heterocycles. The molecule has 0 atom stereocenters. The van der Waals surface area contributed by atoms with Crippen LogP contribution in [0.5, 0.6) is 5.75 Å². The number of nitrogens with two attached hydrogens (primary N) is 1. The van der Waals surface area contributed by atoms with Gasteiger partial charge in [-0.05, 0) is 31.9 Å². The van der Waals surface area contributed by atoms with Crippen LogP contribution in [0.4, 0.5) is 5.69 Å². The summed E-state index contributed by atoms with van der Waals surface area (Å²) in [6.07, 6.45) is 6.08. The second-order valence-corrected chi connectivity index (χ2v) is 5.48. The van der Waals surface area contributed by atoms with Gasteiger partial charge in [0, 0.05) is 6.04 Å². The van der Waals surface area contributed by atoms with Gasteiger partial charge >= 0.3 is 0 Å². The van der Waals surface area contributed by atoms with Gasteiger partial charge < -0.3 is 15.4 Å². The summed E-state index contributed by atoms with van der Waals surface area (Å²) in [5.74, 6) is 1.71. The number of nitrogens with zero attached hydrogens (tertiary/aromatic N) is 3. The third-order valence-electron chi connectivity index (χ3n) is 4.11. The first kappa shape index (κ1) is 13.0. The average molecular weight is 272 g/mol. The van der Waals surface area contributed by atoms with Crippen LogP contribution in [0.1, 0.15) is 44.0 Å². The van der Waals surface area contributed by atoms with Crippen molar-refractivity contribution in [3.8, 4) is 17.1 Å². The zero-order valence-electron chi connectivity index (χ0n) is 11.7. The number of aromatic hydroxyl groups is 1. The van der Waals surface area contributed by atoms with E-state index in [1.165, 1.54) is 19.3 Å². The fourth-order valence-electron chi connectivity index (χ4n) is 3.07. The van der Waals surface area contributed by atoms with Crippen molar-refractivity contribution in [1.82, 2.24) is 14.8 Å². The highest BCUT2D eigenvalue weighted by molar-refractivity contribution is 5.72. The Morgan fingerprint density at radius 1 is 1.20 bits per heavy atom. The molecule has 1 aliphatic carbocycles. The molecule has 3 rings (SSSR count). The van der Waals surface area contributed by atoms with E-state index in [2.05, 4.69) is 14.8 Å². The summed E-state index contributed by atoms with van der Waals surface area (Å²) >= 11 is 0. The van der Waals surface area contributed by atoms with Gasteiger partial charge in [-0.15, -0.1) is 10.2 Å². The lowest BCUT2D eigenvalue weighted by atomic mass is 9.95. The van der Waals surface area contributed by atoms with Crippen LogP contribution in [0.3, 0.4) is 0 Å². The molecule has 1 aliphatic rings. The highest BCUT2D eigenvalue weighted by Gasteiger charge is 2.23. The number of rotatable bonds is 2. The van der Waals surface area contributed by atoms with E-state index in [-0.39, 0.29) is 5.75 Å². The molecule has 1 fully saturated rings. The van der Waals surface area contributed by atoms with E-state index in [1.807, 2.05) is 19.1 Å². The van der Waals surface area contributed by atoms with Gasteiger partial charge in [-0.2, -0.15) is 0 Å². The lowest BCUT2D eigenvalue weighted by Crippen LogP contribution is -2.15. The maximum absolute atomic E-state index is 10.2. The number of aryl methyl sites for hydroxylation is 1. The number of hydrogen-bond donors (Lipinski definition) is 2. The van der Waals surface area contributed by atoms with Gasteiger partial charge in [-0.3, -0.25) is 0 Å². The SMILES string of the molecule is Cc1nnc(-c2cccc(N)c2O)n1C1CCCCC1. The van der Waals surface area contributed by atoms with Gasteiger partial charge in [-0.25, -0.2) is 0 Å². The predicted octanol–water partition coefficient (Wildman–Crippen LogP) is 3.05. The van der Waals surface area contributed by atoms with E-state index < -0.39 is 0 Å². The van der Waals surface area contributed by atoms with Crippen molar-refractivity contribution >= 4 is 5.69 Å². The molecule has 3 N–H and O–H groups in total. The molecule has 20 heavy (non-hydrogen) atoms. The first-order valence-corrected chi connectivity index (χ1v) is 7.18. The summed E-state index contributed by atoms with van der Waals surface area (Å²) in [6, 6.07) is 5.79. The summed E-state index contributed by atoms with van der Waals surface area (Å²) in [6.45, 7) is 1.97. The van der Waals surface area contributed by atoms with Crippen LogP contribution in [-0.4, -0.2) is 19.9 Å². The van der Waals surface area contributed by atoms with Crippen LogP contribution in [0.25, 0.3) is 11.4 Å². The van der Waals surface area contributed by atoms with Crippen LogP contribution in [0, 0.1) is 6.92 Å². The van der Waals surface area contributed by atoms with Gasteiger partial charge in [0.25, 0.3) is 0 Å². The maximum Gasteiger partial charge on any atom is 0.168 e. The molecule has 1 aromatic carbocycles. The van der Waals surface area contributed by atoms with Crippen molar-refractivity contribution in [2.45, 2.75) is 45.1 Å². The topological polar surface area (TPSA) is 77.0 Å². The third-order valence-corrected chi connectivity index (χ3v) is 4.11. The Morgan fingerprint density at radius 2 is 1.95 bits per heavy atom. The van der Waals surface area contributed by atoms with Crippen LogP contribution in [-0.2, 0) is 0 Å². The standard InChI is InChI=1S/C15H20N4O/c1-10-17-18-15(12-8-5-9-13(16)14(12)20)19(10)11-6-3-2-4-7-11/h5,8-9,11,20H,2-4,6-7,16H2,1H3. The number of nitrogen functional groups attached to an aromatic ring is 1. The molecule has 0 amide bonds. The van der Waals surface area contributed by atoms with Crippen molar-refractivity contribution in [2.24, 2.45) is 0 Å². The van der Waals surface area contributed by atoms with Crippen LogP contribution in [0.2, 0.25) is 0 Å². The molecule has 0 radical (unpaired) electrons. The Balaban J connectivity index is 2.08. The molecule has 0 saturated heterocycles. The summed E-state index contributed by atoms with van der Waals surface area (Å²) in [5.41, 5.74) is 6.82. The Morgan fingerprint density at radius 3 is 2.70 bits per heavy atom. The minimum atomic E-state index is 0.0944. The fraction of sp³-hybridized carbons (Fsp3) is 0.467. The normalized spacial score (nSPS) is 16.4. The molecule has 2 aromatic rings. The lowest BCUT2D eigenvalue weighted by Gasteiger charge is -2.25. The summed E-state index contributed by atoms with van der Waals surface area (Å²) in [4.78, 5) is 0. The Kier molecular flexibility index (Phi) is 3.34. The van der Waals surface area contributed by atoms with E-state index >= 15 is 0 Å². The number of para-hydroxylation sites is 1. The van der Waals surface area contributed by atoms with Crippen molar-refractivity contribution in [3.05, 3.63) is 24.0 Å². The maximum atomic E-state index is 10.2. The predicted molar refractivity (Wildman–Crippen MR) is 78.4 cm³/mol. The summed E-state index contributed by atoms with van der Waals surface area (Å²) in [5, 5.41) is 18.6. The van der Waals surface area contributed by atoms with Crippen molar-refractivity contribution in [3.63, 3.8) is 0 Å². The molecule has 0 bridgehead atoms. The molecule has 106 valence electrons. The molecule has 1 aromatic heterocycles. The van der Waals surface area contributed by atoms with E-state index in [9.17, 15) is 5.11 Å². The fourth-order valence-corrected chi connectivity index (χ4v) is 3.07. The molecule has 5 nitrogen and oxygen atoms in total. The molecular formula is C15H20N4O. The minimum absolute atomic E-state index is 0.0944. The summed E-state index contributed by atoms with van der Waals surface area (Å²) in [7, 11) is 0. The second kappa shape index (κ2) is 5.15. The molecule has 0 spiro atoms. The number of aromatic nitrogens is 3. The lowest BCUT2D eigenvalue weighted by molar-refractivity contribution is 0.350. The van der Waals surface area contributed by atoms with E-state index in [0.29, 0.717) is 17.3 Å². The average Bonchev–Trinajstić information content (AvgIpc) is 2.84. The van der Waals surface area contributed by atoms with Gasteiger partial charge in [0.2, 0.25) is 0 Å². The highest BCUT2D eigenvalue weighted by atomic mass is 16.3. The number of benzene rings is 1. The Bertz CT molecular complexity index is 614. The second-order valence-electron chi connectivity index (χ2n) is 5.48. The Hall–Kier alpha value is -2.04. The largest absolute Gasteiger partial charge is 0.505 e. The zero-order chi connectivity index (χ0) is 14.1. The van der Waals surface area contributed by atoms with Crippen molar-refractivity contribution in [1.29, 1.82) is 0 Å². The highest BCUT2D eigenvalue weighted by Crippen LogP contribution is 2.37. The van der Waals surface area contributed by atoms with Gasteiger partial charge in [-0.1, -0.05) is 25.3 Å². The quantitative estimate of drug-likeness (QED) is 0.650. The monoisotopic (exact) mass is 272 g/mol. The molecule has 1 saturated carbocycles.